The van der Waals surface area contributed by atoms with Gasteiger partial charge >= 0.3 is 0 Å². The Labute approximate surface area is 98.6 Å². The van der Waals surface area contributed by atoms with E-state index in [1.54, 1.807) is 0 Å². The molecule has 0 aliphatic heterocycles. The van der Waals surface area contributed by atoms with Gasteiger partial charge in [-0.25, -0.2) is 0 Å². The molecule has 7 nitrogen and oxygen atoms in total. The normalized spacial score (nSPS) is 33.9. The summed E-state index contributed by atoms with van der Waals surface area (Å²) in [6.07, 6.45) is -2.62. The minimum absolute atomic E-state index is 0.190. The summed E-state index contributed by atoms with van der Waals surface area (Å²) in [6.45, 7) is -1.10. The molecule has 1 aliphatic rings. The number of aliphatic hydroxyl groups is 6. The molecule has 0 heterocycles. The molecule has 17 heavy (non-hydrogen) atoms. The van der Waals surface area contributed by atoms with Crippen molar-refractivity contribution in [3.05, 3.63) is 11.6 Å². The molecule has 1 aliphatic carbocycles. The summed E-state index contributed by atoms with van der Waals surface area (Å²) < 4.78 is 0. The first kappa shape index (κ1) is 14.5. The second-order valence-corrected chi connectivity index (χ2v) is 4.08. The molecule has 0 aromatic rings. The fraction of sp³-hybridized carbons (Fsp3) is 0.800. The Bertz CT molecular complexity index is 268. The van der Waals surface area contributed by atoms with E-state index >= 15 is 0 Å². The van der Waals surface area contributed by atoms with Crippen molar-refractivity contribution in [2.24, 2.45) is 0 Å². The zero-order chi connectivity index (χ0) is 13.0. The molecule has 0 spiro atoms. The third kappa shape index (κ3) is 3.23. The van der Waals surface area contributed by atoms with Crippen molar-refractivity contribution in [3.8, 4) is 0 Å². The topological polar surface area (TPSA) is 133 Å². The average molecular weight is 249 g/mol. The van der Waals surface area contributed by atoms with Gasteiger partial charge in [-0.1, -0.05) is 6.08 Å². The Kier molecular flexibility index (Phi) is 5.47. The van der Waals surface area contributed by atoms with Crippen LogP contribution in [-0.4, -0.2) is 80.9 Å². The van der Waals surface area contributed by atoms with Crippen molar-refractivity contribution in [3.63, 3.8) is 0 Å². The van der Waals surface area contributed by atoms with Gasteiger partial charge in [0.1, 0.15) is 18.3 Å². The molecule has 1 rings (SSSR count). The van der Waals surface area contributed by atoms with E-state index < -0.39 is 37.0 Å². The van der Waals surface area contributed by atoms with E-state index in [2.05, 4.69) is 5.32 Å². The van der Waals surface area contributed by atoms with Crippen molar-refractivity contribution in [1.29, 1.82) is 0 Å². The lowest BCUT2D eigenvalue weighted by Crippen LogP contribution is -2.57. The van der Waals surface area contributed by atoms with Crippen molar-refractivity contribution in [1.82, 2.24) is 5.32 Å². The highest BCUT2D eigenvalue weighted by Gasteiger charge is 2.37. The van der Waals surface area contributed by atoms with Crippen molar-refractivity contribution in [2.45, 2.75) is 30.4 Å². The average Bonchev–Trinajstić information content (AvgIpc) is 2.35. The standard InChI is InChI=1S/C10H19NO6/c12-2-5-1-7(11-6(3-13)4-14)9(16)10(17)8(5)15/h1,6-17H,2-4H2/t7-,8+,9-,10?/m0/s1. The Morgan fingerprint density at radius 3 is 2.12 bits per heavy atom. The first-order valence-corrected chi connectivity index (χ1v) is 5.38. The molecule has 0 aromatic heterocycles. The van der Waals surface area contributed by atoms with Crippen molar-refractivity contribution < 1.29 is 30.6 Å². The van der Waals surface area contributed by atoms with Crippen LogP contribution in [-0.2, 0) is 0 Å². The number of hydrogen-bond donors (Lipinski definition) is 7. The van der Waals surface area contributed by atoms with Crippen LogP contribution in [0.25, 0.3) is 0 Å². The van der Waals surface area contributed by atoms with Crippen LogP contribution in [0, 0.1) is 0 Å². The van der Waals surface area contributed by atoms with Crippen molar-refractivity contribution in [2.75, 3.05) is 19.8 Å². The highest BCUT2D eigenvalue weighted by Crippen LogP contribution is 2.20. The maximum absolute atomic E-state index is 9.70. The molecule has 4 atom stereocenters. The molecule has 0 bridgehead atoms. The number of rotatable bonds is 5. The number of aliphatic hydroxyl groups excluding tert-OH is 6. The Morgan fingerprint density at radius 1 is 1.06 bits per heavy atom. The predicted octanol–water partition coefficient (Wildman–Crippen LogP) is -3.69. The van der Waals surface area contributed by atoms with Gasteiger partial charge in [0.05, 0.1) is 31.9 Å². The highest BCUT2D eigenvalue weighted by molar-refractivity contribution is 5.21. The van der Waals surface area contributed by atoms with E-state index in [4.69, 9.17) is 15.3 Å². The molecule has 0 saturated heterocycles. The maximum Gasteiger partial charge on any atom is 0.111 e. The largest absolute Gasteiger partial charge is 0.395 e. The van der Waals surface area contributed by atoms with Gasteiger partial charge in [-0.2, -0.15) is 0 Å². The second kappa shape index (κ2) is 6.41. The lowest BCUT2D eigenvalue weighted by Gasteiger charge is -2.36. The van der Waals surface area contributed by atoms with Crippen LogP contribution < -0.4 is 5.32 Å². The Morgan fingerprint density at radius 2 is 1.65 bits per heavy atom. The minimum atomic E-state index is -1.42. The van der Waals surface area contributed by atoms with Crippen LogP contribution in [0.15, 0.2) is 11.6 Å². The van der Waals surface area contributed by atoms with Gasteiger partial charge in [0.25, 0.3) is 0 Å². The summed E-state index contributed by atoms with van der Waals surface area (Å²) in [6, 6.07) is -1.40. The molecule has 0 amide bonds. The summed E-state index contributed by atoms with van der Waals surface area (Å²) in [7, 11) is 0. The summed E-state index contributed by atoms with van der Waals surface area (Å²) in [5.74, 6) is 0. The van der Waals surface area contributed by atoms with Crippen LogP contribution in [0.3, 0.4) is 0 Å². The second-order valence-electron chi connectivity index (χ2n) is 4.08. The first-order valence-electron chi connectivity index (χ1n) is 5.38. The van der Waals surface area contributed by atoms with Gasteiger partial charge in [-0.05, 0) is 5.57 Å². The third-order valence-electron chi connectivity index (χ3n) is 2.87. The van der Waals surface area contributed by atoms with E-state index in [0.29, 0.717) is 0 Å². The monoisotopic (exact) mass is 249 g/mol. The molecule has 0 aromatic carbocycles. The number of hydrogen-bond acceptors (Lipinski definition) is 7. The quantitative estimate of drug-likeness (QED) is 0.249. The lowest BCUT2D eigenvalue weighted by atomic mass is 9.88. The zero-order valence-corrected chi connectivity index (χ0v) is 9.27. The van der Waals surface area contributed by atoms with Gasteiger partial charge in [0.2, 0.25) is 0 Å². The Hall–Kier alpha value is -0.540. The zero-order valence-electron chi connectivity index (χ0n) is 9.27. The summed E-state index contributed by atoms with van der Waals surface area (Å²) in [5.41, 5.74) is 0.190. The lowest BCUT2D eigenvalue weighted by molar-refractivity contribution is -0.0667. The van der Waals surface area contributed by atoms with Gasteiger partial charge in [-0.15, -0.1) is 0 Å². The van der Waals surface area contributed by atoms with Gasteiger partial charge in [0.15, 0.2) is 0 Å². The maximum atomic E-state index is 9.70. The van der Waals surface area contributed by atoms with Crippen LogP contribution in [0.2, 0.25) is 0 Å². The SMILES string of the molecule is OCC1=C[C@H](NC(CO)CO)[C@H](O)C(O)[C@@H]1O. The van der Waals surface area contributed by atoms with Crippen molar-refractivity contribution >= 4 is 0 Å². The smallest absolute Gasteiger partial charge is 0.111 e. The van der Waals surface area contributed by atoms with E-state index in [1.165, 1.54) is 6.08 Å². The highest BCUT2D eigenvalue weighted by atomic mass is 16.4. The van der Waals surface area contributed by atoms with Gasteiger partial charge in [-0.3, -0.25) is 0 Å². The van der Waals surface area contributed by atoms with Gasteiger partial charge in [0, 0.05) is 0 Å². The van der Waals surface area contributed by atoms with E-state index in [-0.39, 0.29) is 18.8 Å². The van der Waals surface area contributed by atoms with Crippen LogP contribution in [0.4, 0.5) is 0 Å². The van der Waals surface area contributed by atoms with Crippen LogP contribution >= 0.6 is 0 Å². The molecule has 100 valence electrons. The predicted molar refractivity (Wildman–Crippen MR) is 58.1 cm³/mol. The minimum Gasteiger partial charge on any atom is -0.395 e. The molecule has 7 N–H and O–H groups in total. The summed E-state index contributed by atoms with van der Waals surface area (Å²) in [4.78, 5) is 0. The van der Waals surface area contributed by atoms with Crippen LogP contribution in [0.1, 0.15) is 0 Å². The number of nitrogens with one attached hydrogen (secondary N) is 1. The summed E-state index contributed by atoms with van der Waals surface area (Å²) >= 11 is 0. The first-order chi connectivity index (χ1) is 8.04. The fourth-order valence-corrected chi connectivity index (χ4v) is 1.77. The molecule has 1 unspecified atom stereocenters. The third-order valence-corrected chi connectivity index (χ3v) is 2.87. The molecular formula is C10H19NO6. The van der Waals surface area contributed by atoms with E-state index in [1.807, 2.05) is 0 Å². The van der Waals surface area contributed by atoms with Crippen LogP contribution in [0.5, 0.6) is 0 Å². The molecule has 7 heteroatoms. The summed E-state index contributed by atoms with van der Waals surface area (Å²) in [5, 5.41) is 58.3. The Balaban J connectivity index is 2.79. The van der Waals surface area contributed by atoms with Gasteiger partial charge < -0.3 is 36.0 Å². The van der Waals surface area contributed by atoms with E-state index in [0.717, 1.165) is 0 Å². The fourth-order valence-electron chi connectivity index (χ4n) is 1.77. The molecule has 0 radical (unpaired) electrons. The molecular weight excluding hydrogens is 230 g/mol. The molecule has 0 fully saturated rings. The molecule has 0 saturated carbocycles. The van der Waals surface area contributed by atoms with E-state index in [9.17, 15) is 15.3 Å².